The van der Waals surface area contributed by atoms with Gasteiger partial charge in [-0.1, -0.05) is 13.0 Å². The molecule has 0 aliphatic rings. The number of aryl methyl sites for hydroxylation is 1. The predicted molar refractivity (Wildman–Crippen MR) is 93.3 cm³/mol. The van der Waals surface area contributed by atoms with Crippen molar-refractivity contribution in [2.45, 2.75) is 19.9 Å². The van der Waals surface area contributed by atoms with Crippen LogP contribution in [0.5, 0.6) is 11.5 Å². The van der Waals surface area contributed by atoms with Gasteiger partial charge in [-0.25, -0.2) is 4.68 Å². The molecule has 0 atom stereocenters. The molecular weight excluding hydrogens is 362 g/mol. The van der Waals surface area contributed by atoms with E-state index in [-0.39, 0.29) is 5.56 Å². The van der Waals surface area contributed by atoms with Crippen LogP contribution in [0.4, 0.5) is 5.69 Å². The maximum atomic E-state index is 11.8. The van der Waals surface area contributed by atoms with Crippen LogP contribution in [-0.2, 0) is 13.6 Å². The van der Waals surface area contributed by atoms with Crippen LogP contribution >= 0.6 is 15.9 Å². The van der Waals surface area contributed by atoms with Gasteiger partial charge in [0, 0.05) is 13.6 Å². The molecule has 7 heteroatoms. The molecule has 1 heterocycles. The zero-order valence-electron chi connectivity index (χ0n) is 13.4. The van der Waals surface area contributed by atoms with Gasteiger partial charge in [-0.3, -0.25) is 4.79 Å². The monoisotopic (exact) mass is 381 g/mol. The Kier molecular flexibility index (Phi) is 6.04. The number of benzene rings is 1. The number of hydrogen-bond donors (Lipinski definition) is 1. The molecule has 0 saturated carbocycles. The minimum atomic E-state index is -0.184. The molecule has 0 saturated heterocycles. The topological polar surface area (TPSA) is 65.4 Å². The van der Waals surface area contributed by atoms with Gasteiger partial charge in [-0.15, -0.1) is 0 Å². The molecule has 124 valence electrons. The second-order valence-electron chi connectivity index (χ2n) is 4.99. The first kappa shape index (κ1) is 17.3. The SMILES string of the molecule is CCCOc1ccc(CNc2cnn(C)c(=O)c2Br)cc1OC. The minimum absolute atomic E-state index is 0.184. The highest BCUT2D eigenvalue weighted by atomic mass is 79.9. The Hall–Kier alpha value is -2.02. The number of rotatable bonds is 7. The smallest absolute Gasteiger partial charge is 0.282 e. The summed E-state index contributed by atoms with van der Waals surface area (Å²) in [6.07, 6.45) is 2.55. The summed E-state index contributed by atoms with van der Waals surface area (Å²) in [7, 11) is 3.23. The second-order valence-corrected chi connectivity index (χ2v) is 5.78. The molecule has 2 rings (SSSR count). The highest BCUT2D eigenvalue weighted by Crippen LogP contribution is 2.28. The van der Waals surface area contributed by atoms with E-state index in [9.17, 15) is 4.79 Å². The molecule has 1 aromatic carbocycles. The fourth-order valence-corrected chi connectivity index (χ4v) is 2.48. The second kappa shape index (κ2) is 8.01. The summed E-state index contributed by atoms with van der Waals surface area (Å²) in [6.45, 7) is 3.25. The summed E-state index contributed by atoms with van der Waals surface area (Å²) in [5.74, 6) is 1.42. The fraction of sp³-hybridized carbons (Fsp3) is 0.375. The maximum Gasteiger partial charge on any atom is 0.282 e. The molecule has 0 fully saturated rings. The van der Waals surface area contributed by atoms with Gasteiger partial charge in [0.1, 0.15) is 4.47 Å². The number of methoxy groups -OCH3 is 1. The summed E-state index contributed by atoms with van der Waals surface area (Å²) in [5, 5.41) is 7.19. The fourth-order valence-electron chi connectivity index (χ4n) is 1.98. The molecule has 0 aliphatic heterocycles. The predicted octanol–water partition coefficient (Wildman–Crippen LogP) is 2.95. The van der Waals surface area contributed by atoms with Crippen molar-refractivity contribution in [2.75, 3.05) is 19.0 Å². The molecule has 0 bridgehead atoms. The van der Waals surface area contributed by atoms with E-state index in [0.29, 0.717) is 29.1 Å². The van der Waals surface area contributed by atoms with Gasteiger partial charge < -0.3 is 14.8 Å². The highest BCUT2D eigenvalue weighted by molar-refractivity contribution is 9.10. The summed E-state index contributed by atoms with van der Waals surface area (Å²) in [4.78, 5) is 11.8. The molecule has 6 nitrogen and oxygen atoms in total. The lowest BCUT2D eigenvalue weighted by Crippen LogP contribution is -2.21. The van der Waals surface area contributed by atoms with Crippen LogP contribution in [0, 0.1) is 0 Å². The number of aromatic nitrogens is 2. The van der Waals surface area contributed by atoms with E-state index in [1.165, 1.54) is 4.68 Å². The molecule has 0 unspecified atom stereocenters. The van der Waals surface area contributed by atoms with Gasteiger partial charge in [0.2, 0.25) is 0 Å². The quantitative estimate of drug-likeness (QED) is 0.798. The molecular formula is C16H20BrN3O3. The number of halogens is 1. The van der Waals surface area contributed by atoms with E-state index in [2.05, 4.69) is 33.3 Å². The summed E-state index contributed by atoms with van der Waals surface area (Å²) in [5.41, 5.74) is 1.48. The zero-order chi connectivity index (χ0) is 16.8. The van der Waals surface area contributed by atoms with Gasteiger partial charge in [0.25, 0.3) is 5.56 Å². The lowest BCUT2D eigenvalue weighted by Gasteiger charge is -2.13. The van der Waals surface area contributed by atoms with Crippen LogP contribution in [0.3, 0.4) is 0 Å². The van der Waals surface area contributed by atoms with Crippen molar-refractivity contribution in [3.63, 3.8) is 0 Å². The van der Waals surface area contributed by atoms with E-state index in [1.807, 2.05) is 18.2 Å². The first-order chi connectivity index (χ1) is 11.1. The van der Waals surface area contributed by atoms with E-state index in [0.717, 1.165) is 17.7 Å². The third kappa shape index (κ3) is 4.25. The molecule has 0 radical (unpaired) electrons. The normalized spacial score (nSPS) is 10.4. The average Bonchev–Trinajstić information content (AvgIpc) is 2.57. The summed E-state index contributed by atoms with van der Waals surface area (Å²) in [6, 6.07) is 5.77. The number of hydrogen-bond acceptors (Lipinski definition) is 5. The molecule has 0 spiro atoms. The third-order valence-corrected chi connectivity index (χ3v) is 4.02. The van der Waals surface area contributed by atoms with Crippen molar-refractivity contribution in [2.24, 2.45) is 7.05 Å². The summed E-state index contributed by atoms with van der Waals surface area (Å²) < 4.78 is 12.7. The average molecular weight is 382 g/mol. The maximum absolute atomic E-state index is 11.8. The largest absolute Gasteiger partial charge is 0.493 e. The van der Waals surface area contributed by atoms with Crippen molar-refractivity contribution < 1.29 is 9.47 Å². The van der Waals surface area contributed by atoms with Crippen LogP contribution in [0.1, 0.15) is 18.9 Å². The lowest BCUT2D eigenvalue weighted by atomic mass is 10.2. The Labute approximate surface area is 143 Å². The summed E-state index contributed by atoms with van der Waals surface area (Å²) >= 11 is 3.29. The first-order valence-electron chi connectivity index (χ1n) is 7.32. The number of nitrogens with one attached hydrogen (secondary N) is 1. The Morgan fingerprint density at radius 2 is 2.13 bits per heavy atom. The number of anilines is 1. The minimum Gasteiger partial charge on any atom is -0.493 e. The van der Waals surface area contributed by atoms with Crippen LogP contribution in [-0.4, -0.2) is 23.5 Å². The molecule has 0 amide bonds. The number of nitrogens with zero attached hydrogens (tertiary/aromatic N) is 2. The van der Waals surface area contributed by atoms with Crippen LogP contribution in [0.15, 0.2) is 33.7 Å². The van der Waals surface area contributed by atoms with E-state index in [1.54, 1.807) is 20.4 Å². The lowest BCUT2D eigenvalue weighted by molar-refractivity contribution is 0.294. The van der Waals surface area contributed by atoms with Gasteiger partial charge in [0.05, 0.1) is 25.6 Å². The van der Waals surface area contributed by atoms with Gasteiger partial charge >= 0.3 is 0 Å². The Morgan fingerprint density at radius 3 is 2.83 bits per heavy atom. The van der Waals surface area contributed by atoms with Crippen LogP contribution in [0.25, 0.3) is 0 Å². The van der Waals surface area contributed by atoms with Crippen LogP contribution in [0.2, 0.25) is 0 Å². The molecule has 0 aliphatic carbocycles. The standard InChI is InChI=1S/C16H20BrN3O3/c1-4-7-23-13-6-5-11(8-14(13)22-3)9-18-12-10-19-20(2)16(21)15(12)17/h5-6,8,10,18H,4,7,9H2,1-3H3. The highest BCUT2D eigenvalue weighted by Gasteiger charge is 2.08. The van der Waals surface area contributed by atoms with Crippen molar-refractivity contribution >= 4 is 21.6 Å². The Morgan fingerprint density at radius 1 is 1.35 bits per heavy atom. The van der Waals surface area contributed by atoms with Gasteiger partial charge in [-0.05, 0) is 40.0 Å². The molecule has 1 N–H and O–H groups in total. The molecule has 2 aromatic rings. The van der Waals surface area contributed by atoms with Gasteiger partial charge in [-0.2, -0.15) is 5.10 Å². The van der Waals surface area contributed by atoms with Crippen molar-refractivity contribution in [3.05, 3.63) is 44.8 Å². The number of ether oxygens (including phenoxy) is 2. The van der Waals surface area contributed by atoms with Crippen molar-refractivity contribution in [3.8, 4) is 11.5 Å². The first-order valence-corrected chi connectivity index (χ1v) is 8.11. The molecule has 1 aromatic heterocycles. The van der Waals surface area contributed by atoms with E-state index < -0.39 is 0 Å². The van der Waals surface area contributed by atoms with E-state index in [4.69, 9.17) is 9.47 Å². The van der Waals surface area contributed by atoms with E-state index >= 15 is 0 Å². The third-order valence-electron chi connectivity index (χ3n) is 3.25. The van der Waals surface area contributed by atoms with Crippen molar-refractivity contribution in [1.29, 1.82) is 0 Å². The zero-order valence-corrected chi connectivity index (χ0v) is 15.0. The van der Waals surface area contributed by atoms with Crippen molar-refractivity contribution in [1.82, 2.24) is 9.78 Å². The van der Waals surface area contributed by atoms with Crippen LogP contribution < -0.4 is 20.3 Å². The van der Waals surface area contributed by atoms with Gasteiger partial charge in [0.15, 0.2) is 11.5 Å². The molecule has 23 heavy (non-hydrogen) atoms. The Balaban J connectivity index is 2.12. The Bertz CT molecular complexity index is 731.